The molecule has 0 saturated heterocycles. The molecule has 0 bridgehead atoms. The highest BCUT2D eigenvalue weighted by atomic mass is 19.1. The molecule has 140 valence electrons. The van der Waals surface area contributed by atoms with E-state index in [-0.39, 0.29) is 12.5 Å². The predicted molar refractivity (Wildman–Crippen MR) is 107 cm³/mol. The lowest BCUT2D eigenvalue weighted by atomic mass is 10.2. The minimum absolute atomic E-state index is 0.0540. The molecule has 0 aliphatic carbocycles. The molecular formula is C22H18FN3O2. The molecule has 1 amide bonds. The van der Waals surface area contributed by atoms with Crippen molar-refractivity contribution in [2.45, 2.75) is 6.54 Å². The van der Waals surface area contributed by atoms with Crippen LogP contribution in [0.3, 0.4) is 0 Å². The Morgan fingerprint density at radius 1 is 1.07 bits per heavy atom. The van der Waals surface area contributed by atoms with Gasteiger partial charge < -0.3 is 14.6 Å². The number of methoxy groups -OCH3 is 1. The van der Waals surface area contributed by atoms with Gasteiger partial charge in [0.25, 0.3) is 0 Å². The van der Waals surface area contributed by atoms with Gasteiger partial charge in [0, 0.05) is 11.3 Å². The summed E-state index contributed by atoms with van der Waals surface area (Å²) >= 11 is 0. The second-order valence-corrected chi connectivity index (χ2v) is 6.30. The molecule has 0 unspecified atom stereocenters. The number of amides is 1. The van der Waals surface area contributed by atoms with Crippen LogP contribution in [-0.2, 0) is 11.3 Å². The van der Waals surface area contributed by atoms with Crippen LogP contribution in [0.5, 0.6) is 5.75 Å². The van der Waals surface area contributed by atoms with E-state index >= 15 is 0 Å². The summed E-state index contributed by atoms with van der Waals surface area (Å²) in [5.74, 6) is 0.766. The van der Waals surface area contributed by atoms with Crippen LogP contribution in [-0.4, -0.2) is 22.6 Å². The Morgan fingerprint density at radius 3 is 2.61 bits per heavy atom. The van der Waals surface area contributed by atoms with Gasteiger partial charge in [-0.2, -0.15) is 0 Å². The van der Waals surface area contributed by atoms with Gasteiger partial charge >= 0.3 is 0 Å². The van der Waals surface area contributed by atoms with Crippen LogP contribution in [0.4, 0.5) is 10.1 Å². The number of carbonyl (C=O) groups excluding carboxylic acids is 1. The first-order chi connectivity index (χ1) is 13.6. The molecule has 0 atom stereocenters. The van der Waals surface area contributed by atoms with E-state index in [1.165, 1.54) is 12.1 Å². The van der Waals surface area contributed by atoms with Gasteiger partial charge in [-0.25, -0.2) is 9.37 Å². The van der Waals surface area contributed by atoms with Gasteiger partial charge in [0.2, 0.25) is 5.91 Å². The third-order valence-corrected chi connectivity index (χ3v) is 4.41. The number of ether oxygens (including phenoxy) is 1. The van der Waals surface area contributed by atoms with Crippen molar-refractivity contribution in [2.75, 3.05) is 12.4 Å². The molecule has 0 aliphatic heterocycles. The zero-order valence-corrected chi connectivity index (χ0v) is 15.2. The third-order valence-electron chi connectivity index (χ3n) is 4.41. The number of benzene rings is 3. The first kappa shape index (κ1) is 17.7. The number of aromatic nitrogens is 2. The fourth-order valence-corrected chi connectivity index (χ4v) is 3.11. The van der Waals surface area contributed by atoms with Crippen molar-refractivity contribution in [1.82, 2.24) is 9.55 Å². The van der Waals surface area contributed by atoms with Crippen LogP contribution in [0.2, 0.25) is 0 Å². The summed E-state index contributed by atoms with van der Waals surface area (Å²) in [5, 5.41) is 2.74. The standard InChI is InChI=1S/C22H18FN3O2/c1-28-18-11-9-15(10-12-18)22-25-19-7-2-3-8-20(19)26(22)14-21(27)24-17-6-4-5-16(23)13-17/h2-13H,14H2,1H3,(H,24,27). The summed E-state index contributed by atoms with van der Waals surface area (Å²) in [6.07, 6.45) is 0. The van der Waals surface area contributed by atoms with Crippen LogP contribution >= 0.6 is 0 Å². The van der Waals surface area contributed by atoms with E-state index in [2.05, 4.69) is 5.32 Å². The molecule has 5 nitrogen and oxygen atoms in total. The van der Waals surface area contributed by atoms with Crippen molar-refractivity contribution in [2.24, 2.45) is 0 Å². The average molecular weight is 375 g/mol. The molecule has 1 aromatic heterocycles. The smallest absolute Gasteiger partial charge is 0.244 e. The highest BCUT2D eigenvalue weighted by Crippen LogP contribution is 2.26. The van der Waals surface area contributed by atoms with Gasteiger partial charge in [0.1, 0.15) is 23.9 Å². The van der Waals surface area contributed by atoms with E-state index in [1.807, 2.05) is 53.1 Å². The van der Waals surface area contributed by atoms with Gasteiger partial charge in [-0.3, -0.25) is 4.79 Å². The van der Waals surface area contributed by atoms with Crippen molar-refractivity contribution >= 4 is 22.6 Å². The molecule has 1 heterocycles. The van der Waals surface area contributed by atoms with Crippen molar-refractivity contribution in [3.63, 3.8) is 0 Å². The fourth-order valence-electron chi connectivity index (χ4n) is 3.11. The average Bonchev–Trinajstić information content (AvgIpc) is 3.06. The summed E-state index contributed by atoms with van der Waals surface area (Å²) in [4.78, 5) is 17.3. The molecule has 0 aliphatic rings. The Morgan fingerprint density at radius 2 is 1.86 bits per heavy atom. The maximum atomic E-state index is 13.4. The summed E-state index contributed by atoms with van der Waals surface area (Å²) in [6.45, 7) is 0.0540. The molecule has 0 radical (unpaired) electrons. The highest BCUT2D eigenvalue weighted by Gasteiger charge is 2.15. The number of carbonyl (C=O) groups is 1. The van der Waals surface area contributed by atoms with E-state index in [0.29, 0.717) is 11.5 Å². The van der Waals surface area contributed by atoms with E-state index in [4.69, 9.17) is 9.72 Å². The zero-order chi connectivity index (χ0) is 19.5. The third kappa shape index (κ3) is 3.57. The fraction of sp³-hybridized carbons (Fsp3) is 0.0909. The van der Waals surface area contributed by atoms with Crippen molar-refractivity contribution in [3.8, 4) is 17.1 Å². The van der Waals surface area contributed by atoms with Crippen molar-refractivity contribution < 1.29 is 13.9 Å². The molecule has 4 rings (SSSR count). The quantitative estimate of drug-likeness (QED) is 0.559. The Kier molecular flexibility index (Phi) is 4.76. The number of hydrogen-bond acceptors (Lipinski definition) is 3. The van der Waals surface area contributed by atoms with Crippen LogP contribution in [0, 0.1) is 5.82 Å². The number of hydrogen-bond donors (Lipinski definition) is 1. The number of imidazole rings is 1. The molecule has 0 saturated carbocycles. The summed E-state index contributed by atoms with van der Waals surface area (Å²) in [6, 6.07) is 21.0. The molecule has 0 fully saturated rings. The number of anilines is 1. The molecular weight excluding hydrogens is 357 g/mol. The SMILES string of the molecule is COc1ccc(-c2nc3ccccc3n2CC(=O)Nc2cccc(F)c2)cc1. The Hall–Kier alpha value is -3.67. The number of rotatable bonds is 5. The molecule has 3 aromatic carbocycles. The molecule has 4 aromatic rings. The minimum Gasteiger partial charge on any atom is -0.497 e. The van der Waals surface area contributed by atoms with Gasteiger partial charge in [-0.1, -0.05) is 18.2 Å². The number of fused-ring (bicyclic) bond motifs is 1. The minimum atomic E-state index is -0.398. The van der Waals surface area contributed by atoms with Crippen LogP contribution in [0.1, 0.15) is 0 Å². The number of nitrogens with one attached hydrogen (secondary N) is 1. The normalized spacial score (nSPS) is 10.8. The van der Waals surface area contributed by atoms with Gasteiger partial charge in [0.05, 0.1) is 18.1 Å². The zero-order valence-electron chi connectivity index (χ0n) is 15.2. The second kappa shape index (κ2) is 7.52. The first-order valence-corrected chi connectivity index (χ1v) is 8.79. The van der Waals surface area contributed by atoms with Crippen LogP contribution < -0.4 is 10.1 Å². The lowest BCUT2D eigenvalue weighted by Gasteiger charge is -2.11. The van der Waals surface area contributed by atoms with Crippen LogP contribution in [0.15, 0.2) is 72.8 Å². The van der Waals surface area contributed by atoms with Crippen LogP contribution in [0.25, 0.3) is 22.4 Å². The number of para-hydroxylation sites is 2. The Labute approximate surface area is 161 Å². The second-order valence-electron chi connectivity index (χ2n) is 6.30. The summed E-state index contributed by atoms with van der Waals surface area (Å²) in [5.41, 5.74) is 2.94. The van der Waals surface area contributed by atoms with Crippen molar-refractivity contribution in [1.29, 1.82) is 0 Å². The topological polar surface area (TPSA) is 56.2 Å². The number of halogens is 1. The van der Waals surface area contributed by atoms with Gasteiger partial charge in [0.15, 0.2) is 0 Å². The first-order valence-electron chi connectivity index (χ1n) is 8.79. The van der Waals surface area contributed by atoms with E-state index < -0.39 is 5.82 Å². The maximum absolute atomic E-state index is 13.4. The maximum Gasteiger partial charge on any atom is 0.244 e. The van der Waals surface area contributed by atoms with E-state index in [9.17, 15) is 9.18 Å². The van der Waals surface area contributed by atoms with Gasteiger partial charge in [-0.15, -0.1) is 0 Å². The Bertz CT molecular complexity index is 1140. The highest BCUT2D eigenvalue weighted by molar-refractivity contribution is 5.92. The Balaban J connectivity index is 1.69. The van der Waals surface area contributed by atoms with Gasteiger partial charge in [-0.05, 0) is 54.6 Å². The molecule has 6 heteroatoms. The largest absolute Gasteiger partial charge is 0.497 e. The number of nitrogens with zero attached hydrogens (tertiary/aromatic N) is 2. The van der Waals surface area contributed by atoms with E-state index in [1.54, 1.807) is 19.2 Å². The molecule has 1 N–H and O–H groups in total. The predicted octanol–water partition coefficient (Wildman–Crippen LogP) is 4.49. The summed E-state index contributed by atoms with van der Waals surface area (Å²) < 4.78 is 20.4. The van der Waals surface area contributed by atoms with Crippen molar-refractivity contribution in [3.05, 3.63) is 78.6 Å². The summed E-state index contributed by atoms with van der Waals surface area (Å²) in [7, 11) is 1.61. The van der Waals surface area contributed by atoms with E-state index in [0.717, 1.165) is 22.3 Å². The lowest BCUT2D eigenvalue weighted by Crippen LogP contribution is -2.19. The monoisotopic (exact) mass is 375 g/mol. The molecule has 0 spiro atoms. The molecule has 28 heavy (non-hydrogen) atoms. The lowest BCUT2D eigenvalue weighted by molar-refractivity contribution is -0.116.